The van der Waals surface area contributed by atoms with Gasteiger partial charge in [0, 0.05) is 6.92 Å². The summed E-state index contributed by atoms with van der Waals surface area (Å²) < 4.78 is 1.16. The summed E-state index contributed by atoms with van der Waals surface area (Å²) in [6.45, 7) is 8.55. The molecule has 0 unspecified atom stereocenters. The lowest BCUT2D eigenvalue weighted by atomic mass is 10.2. The van der Waals surface area contributed by atoms with Crippen LogP contribution in [0.4, 0.5) is 0 Å². The van der Waals surface area contributed by atoms with Gasteiger partial charge in [0.15, 0.2) is 5.78 Å². The van der Waals surface area contributed by atoms with Gasteiger partial charge in [0.1, 0.15) is 6.72 Å². The van der Waals surface area contributed by atoms with Gasteiger partial charge in [0.05, 0.1) is 5.57 Å². The molecule has 0 aliphatic heterocycles. The maximum atomic E-state index is 11.5. The Hall–Kier alpha value is -1.51. The van der Waals surface area contributed by atoms with E-state index in [0.717, 1.165) is 4.58 Å². The van der Waals surface area contributed by atoms with Crippen LogP contribution in [-0.2, 0) is 9.59 Å². The van der Waals surface area contributed by atoms with Gasteiger partial charge in [-0.3, -0.25) is 4.79 Å². The van der Waals surface area contributed by atoms with E-state index in [2.05, 4.69) is 6.72 Å². The molecule has 3 heteroatoms. The van der Waals surface area contributed by atoms with E-state index in [0.29, 0.717) is 5.57 Å². The summed E-state index contributed by atoms with van der Waals surface area (Å²) in [5.41, 5.74) is 0.569. The first-order valence-electron chi connectivity index (χ1n) is 4.40. The minimum Gasteiger partial charge on any atom is -0.293 e. The van der Waals surface area contributed by atoms with Crippen LogP contribution in [0.5, 0.6) is 0 Å². The molecule has 0 heterocycles. The lowest BCUT2D eigenvalue weighted by Gasteiger charge is -1.96. The van der Waals surface area contributed by atoms with Crippen LogP contribution in [-0.4, -0.2) is 29.5 Å². The minimum atomic E-state index is -0.224. The molecule has 0 spiro atoms. The van der Waals surface area contributed by atoms with Crippen LogP contribution in [0.1, 0.15) is 20.8 Å². The summed E-state index contributed by atoms with van der Waals surface area (Å²) in [6.07, 6.45) is 5.30. The predicted octanol–water partition coefficient (Wildman–Crippen LogP) is 1.34. The van der Waals surface area contributed by atoms with Crippen molar-refractivity contribution in [3.05, 3.63) is 23.8 Å². The van der Waals surface area contributed by atoms with Crippen LogP contribution < -0.4 is 0 Å². The average molecular weight is 194 g/mol. The van der Waals surface area contributed by atoms with Crippen LogP contribution in [0.25, 0.3) is 0 Å². The third kappa shape index (κ3) is 4.50. The fourth-order valence-electron chi connectivity index (χ4n) is 0.902. The molecule has 0 aliphatic carbocycles. The van der Waals surface area contributed by atoms with Crippen molar-refractivity contribution in [1.29, 1.82) is 0 Å². The van der Waals surface area contributed by atoms with Crippen LogP contribution in [0, 0.1) is 0 Å². The number of nitrogens with zero attached hydrogens (tertiary/aromatic N) is 1. The Morgan fingerprint density at radius 2 is 1.93 bits per heavy atom. The summed E-state index contributed by atoms with van der Waals surface area (Å²) in [5, 5.41) is 0. The van der Waals surface area contributed by atoms with Gasteiger partial charge in [-0.05, 0) is 19.9 Å². The van der Waals surface area contributed by atoms with Gasteiger partial charge < -0.3 is 0 Å². The molecule has 0 saturated heterocycles. The molecule has 14 heavy (non-hydrogen) atoms. The Morgan fingerprint density at radius 1 is 1.36 bits per heavy atom. The smallest absolute Gasteiger partial charge is 0.293 e. The second kappa shape index (κ2) is 6.02. The largest absolute Gasteiger partial charge is 0.414 e. The Labute approximate surface area is 84.4 Å². The molecule has 0 radical (unpaired) electrons. The zero-order chi connectivity index (χ0) is 11.1. The monoisotopic (exact) mass is 194 g/mol. The van der Waals surface area contributed by atoms with E-state index in [4.69, 9.17) is 0 Å². The lowest BCUT2D eigenvalue weighted by Crippen LogP contribution is -2.24. The van der Waals surface area contributed by atoms with Crippen molar-refractivity contribution in [1.82, 2.24) is 0 Å². The normalized spacial score (nSPS) is 11.8. The van der Waals surface area contributed by atoms with Crippen LogP contribution in [0.15, 0.2) is 23.8 Å². The van der Waals surface area contributed by atoms with E-state index in [-0.39, 0.29) is 18.2 Å². The van der Waals surface area contributed by atoms with Gasteiger partial charge in [-0.2, -0.15) is 4.58 Å². The van der Waals surface area contributed by atoms with E-state index in [9.17, 15) is 9.59 Å². The van der Waals surface area contributed by atoms with Crippen molar-refractivity contribution in [2.24, 2.45) is 0 Å². The van der Waals surface area contributed by atoms with Crippen molar-refractivity contribution in [3.8, 4) is 0 Å². The molecule has 0 bridgehead atoms. The first-order chi connectivity index (χ1) is 6.49. The number of allylic oxidation sites excluding steroid dienone is 3. The van der Waals surface area contributed by atoms with Gasteiger partial charge in [-0.1, -0.05) is 12.2 Å². The highest BCUT2D eigenvalue weighted by atomic mass is 16.2. The molecule has 0 N–H and O–H groups in total. The number of hydrogen-bond donors (Lipinski definition) is 0. The van der Waals surface area contributed by atoms with Gasteiger partial charge >= 0.3 is 5.91 Å². The van der Waals surface area contributed by atoms with Gasteiger partial charge in [-0.15, -0.1) is 0 Å². The van der Waals surface area contributed by atoms with Crippen molar-refractivity contribution < 1.29 is 14.2 Å². The average Bonchev–Trinajstić information content (AvgIpc) is 2.11. The first kappa shape index (κ1) is 12.5. The van der Waals surface area contributed by atoms with Crippen LogP contribution >= 0.6 is 0 Å². The zero-order valence-electron chi connectivity index (χ0n) is 8.91. The molecule has 0 aromatic rings. The molecule has 3 nitrogen and oxygen atoms in total. The van der Waals surface area contributed by atoms with Crippen molar-refractivity contribution in [2.45, 2.75) is 20.8 Å². The lowest BCUT2D eigenvalue weighted by molar-refractivity contribution is -0.425. The predicted molar refractivity (Wildman–Crippen MR) is 56.5 cm³/mol. The quantitative estimate of drug-likeness (QED) is 0.293. The third-order valence-electron chi connectivity index (χ3n) is 1.58. The molecule has 76 valence electrons. The number of amides is 1. The summed E-state index contributed by atoms with van der Waals surface area (Å²) in [4.78, 5) is 22.2. The van der Waals surface area contributed by atoms with Gasteiger partial charge in [-0.25, -0.2) is 4.79 Å². The fraction of sp³-hybridized carbons (Fsp3) is 0.364. The summed E-state index contributed by atoms with van der Waals surface area (Å²) in [5.74, 6) is -0.300. The molecule has 0 saturated carbocycles. The standard InChI is InChI=1S/C11H16NO2/c1-5-6-7-9(2)11(14)12(4)8-10(3)13/h5-7H,4,8H2,1-3H3/q+1. The van der Waals surface area contributed by atoms with E-state index in [1.165, 1.54) is 6.92 Å². The number of carbonyl (C=O) groups excluding carboxylic acids is 2. The Morgan fingerprint density at radius 3 is 2.36 bits per heavy atom. The zero-order valence-corrected chi connectivity index (χ0v) is 8.91. The van der Waals surface area contributed by atoms with Crippen molar-refractivity contribution >= 4 is 18.4 Å². The molecular formula is C11H16NO2+. The number of hydrogen-bond acceptors (Lipinski definition) is 2. The number of ketones is 1. The summed E-state index contributed by atoms with van der Waals surface area (Å²) in [6, 6.07) is 0. The van der Waals surface area contributed by atoms with E-state index >= 15 is 0 Å². The Bertz CT molecular complexity index is 311. The third-order valence-corrected chi connectivity index (χ3v) is 1.58. The van der Waals surface area contributed by atoms with Gasteiger partial charge in [0.25, 0.3) is 0 Å². The molecule has 0 fully saturated rings. The minimum absolute atomic E-state index is 0.0554. The van der Waals surface area contributed by atoms with Crippen LogP contribution in [0.3, 0.4) is 0 Å². The van der Waals surface area contributed by atoms with Crippen molar-refractivity contribution in [3.63, 3.8) is 0 Å². The molecule has 0 atom stereocenters. The van der Waals surface area contributed by atoms with E-state index in [1.807, 2.05) is 13.0 Å². The first-order valence-corrected chi connectivity index (χ1v) is 4.40. The second-order valence-electron chi connectivity index (χ2n) is 3.08. The summed E-state index contributed by atoms with van der Waals surface area (Å²) >= 11 is 0. The molecule has 0 aromatic heterocycles. The molecule has 1 amide bonds. The molecule has 0 aliphatic rings. The second-order valence-corrected chi connectivity index (χ2v) is 3.08. The molecular weight excluding hydrogens is 178 g/mol. The highest BCUT2D eigenvalue weighted by molar-refractivity contribution is 5.89. The van der Waals surface area contributed by atoms with E-state index < -0.39 is 0 Å². The molecule has 0 aromatic carbocycles. The number of Topliss-reactive ketones (excluding diaryl/α,β-unsaturated/α-hetero) is 1. The Kier molecular flexibility index (Phi) is 5.37. The maximum absolute atomic E-state index is 11.5. The van der Waals surface area contributed by atoms with Crippen LogP contribution in [0.2, 0.25) is 0 Å². The molecule has 0 rings (SSSR count). The van der Waals surface area contributed by atoms with E-state index in [1.54, 1.807) is 19.1 Å². The highest BCUT2D eigenvalue weighted by Crippen LogP contribution is 1.96. The number of carbonyl (C=O) groups is 2. The SMILES string of the molecule is C=[N+](CC(C)=O)C(=O)C(C)=CC=CC. The maximum Gasteiger partial charge on any atom is 0.414 e. The van der Waals surface area contributed by atoms with Gasteiger partial charge in [0.2, 0.25) is 6.54 Å². The highest BCUT2D eigenvalue weighted by Gasteiger charge is 2.17. The number of rotatable bonds is 4. The van der Waals surface area contributed by atoms with Crippen molar-refractivity contribution in [2.75, 3.05) is 6.54 Å². The summed E-state index contributed by atoms with van der Waals surface area (Å²) in [7, 11) is 0. The topological polar surface area (TPSA) is 37.1 Å². The fourth-order valence-corrected chi connectivity index (χ4v) is 0.902. The Balaban J connectivity index is 4.47.